The monoisotopic (exact) mass is 328 g/mol. The van der Waals surface area contributed by atoms with Crippen molar-refractivity contribution in [1.29, 1.82) is 0 Å². The molecular weight excluding hydrogens is 308 g/mol. The van der Waals surface area contributed by atoms with Gasteiger partial charge in [0.2, 0.25) is 0 Å². The summed E-state index contributed by atoms with van der Waals surface area (Å²) in [4.78, 5) is 25.7. The fourth-order valence-electron chi connectivity index (χ4n) is 2.41. The normalized spacial score (nSPS) is 10.3. The topological polar surface area (TPSA) is 43.4 Å². The highest BCUT2D eigenvalue weighted by atomic mass is 32.2. The minimum atomic E-state index is -0.444. The number of esters is 1. The zero-order valence-corrected chi connectivity index (χ0v) is 14.2. The number of benzene rings is 2. The average molecular weight is 328 g/mol. The standard InChI is InChI=1S/C19H20O3S/c1-3-22-19(21)16-10-6-5-9-15(16)17(20)13-12-14-8-4-7-11-18(14)23-2/h4-11H,3,12-13H2,1-2H3. The van der Waals surface area contributed by atoms with Crippen LogP contribution in [0.4, 0.5) is 0 Å². The van der Waals surface area contributed by atoms with Crippen LogP contribution in [-0.4, -0.2) is 24.6 Å². The van der Waals surface area contributed by atoms with E-state index in [9.17, 15) is 9.59 Å². The molecule has 0 aliphatic carbocycles. The molecule has 2 aromatic carbocycles. The number of carbonyl (C=O) groups is 2. The van der Waals surface area contributed by atoms with E-state index in [1.54, 1.807) is 43.0 Å². The number of carbonyl (C=O) groups excluding carboxylic acids is 2. The lowest BCUT2D eigenvalue weighted by Crippen LogP contribution is -2.12. The molecule has 0 amide bonds. The third-order valence-electron chi connectivity index (χ3n) is 3.54. The average Bonchev–Trinajstić information content (AvgIpc) is 2.60. The summed E-state index contributed by atoms with van der Waals surface area (Å²) in [5.41, 5.74) is 1.94. The van der Waals surface area contributed by atoms with E-state index < -0.39 is 5.97 Å². The van der Waals surface area contributed by atoms with Crippen LogP contribution in [0, 0.1) is 0 Å². The first-order chi connectivity index (χ1) is 11.2. The number of hydrogen-bond acceptors (Lipinski definition) is 4. The second-order valence-electron chi connectivity index (χ2n) is 5.00. The Bertz CT molecular complexity index is 695. The quantitative estimate of drug-likeness (QED) is 0.429. The fraction of sp³-hybridized carbons (Fsp3) is 0.263. The molecule has 0 N–H and O–H groups in total. The molecule has 0 heterocycles. The maximum atomic E-state index is 12.5. The predicted molar refractivity (Wildman–Crippen MR) is 93.3 cm³/mol. The number of ether oxygens (including phenoxy) is 1. The molecule has 0 aliphatic rings. The van der Waals surface area contributed by atoms with Crippen LogP contribution in [0.3, 0.4) is 0 Å². The number of thioether (sulfide) groups is 1. The minimum absolute atomic E-state index is 0.0374. The SMILES string of the molecule is CCOC(=O)c1ccccc1C(=O)CCc1ccccc1SC. The van der Waals surface area contributed by atoms with Gasteiger partial charge in [0.15, 0.2) is 5.78 Å². The molecule has 0 spiro atoms. The van der Waals surface area contributed by atoms with Crippen molar-refractivity contribution in [3.63, 3.8) is 0 Å². The Morgan fingerprint density at radius 3 is 2.35 bits per heavy atom. The fourth-order valence-corrected chi connectivity index (χ4v) is 3.05. The Kier molecular flexibility index (Phi) is 6.41. The number of aryl methyl sites for hydroxylation is 1. The van der Waals surface area contributed by atoms with E-state index in [1.165, 1.54) is 4.90 Å². The molecule has 3 nitrogen and oxygen atoms in total. The summed E-state index contributed by atoms with van der Waals surface area (Å²) in [5.74, 6) is -0.481. The van der Waals surface area contributed by atoms with E-state index in [2.05, 4.69) is 6.07 Å². The Morgan fingerprint density at radius 1 is 1.00 bits per heavy atom. The highest BCUT2D eigenvalue weighted by molar-refractivity contribution is 7.98. The summed E-state index contributed by atoms with van der Waals surface area (Å²) in [7, 11) is 0. The van der Waals surface area contributed by atoms with Crippen molar-refractivity contribution in [3.05, 3.63) is 65.2 Å². The maximum absolute atomic E-state index is 12.5. The molecular formula is C19H20O3S. The van der Waals surface area contributed by atoms with Gasteiger partial charge in [0, 0.05) is 16.9 Å². The molecule has 23 heavy (non-hydrogen) atoms. The molecule has 0 fully saturated rings. The number of rotatable bonds is 7. The van der Waals surface area contributed by atoms with E-state index in [0.29, 0.717) is 30.6 Å². The van der Waals surface area contributed by atoms with Gasteiger partial charge in [-0.05, 0) is 37.3 Å². The highest BCUT2D eigenvalue weighted by Crippen LogP contribution is 2.22. The highest BCUT2D eigenvalue weighted by Gasteiger charge is 2.17. The van der Waals surface area contributed by atoms with Crippen LogP contribution in [0.2, 0.25) is 0 Å². The zero-order valence-electron chi connectivity index (χ0n) is 13.4. The van der Waals surface area contributed by atoms with Crippen LogP contribution in [0.25, 0.3) is 0 Å². The molecule has 0 saturated heterocycles. The summed E-state index contributed by atoms with van der Waals surface area (Å²) in [5, 5.41) is 0. The van der Waals surface area contributed by atoms with Crippen LogP contribution >= 0.6 is 11.8 Å². The Hall–Kier alpha value is -2.07. The minimum Gasteiger partial charge on any atom is -0.462 e. The first-order valence-electron chi connectivity index (χ1n) is 7.58. The maximum Gasteiger partial charge on any atom is 0.338 e. The smallest absolute Gasteiger partial charge is 0.338 e. The van der Waals surface area contributed by atoms with Crippen LogP contribution in [-0.2, 0) is 11.2 Å². The third kappa shape index (κ3) is 4.45. The first kappa shape index (κ1) is 17.3. The van der Waals surface area contributed by atoms with Crippen molar-refractivity contribution in [2.24, 2.45) is 0 Å². The summed E-state index contributed by atoms with van der Waals surface area (Å²) in [6, 6.07) is 14.9. The van der Waals surface area contributed by atoms with Crippen LogP contribution in [0.15, 0.2) is 53.4 Å². The van der Waals surface area contributed by atoms with Crippen molar-refractivity contribution in [2.45, 2.75) is 24.7 Å². The summed E-state index contributed by atoms with van der Waals surface area (Å²) < 4.78 is 5.02. The second-order valence-corrected chi connectivity index (χ2v) is 5.85. The van der Waals surface area contributed by atoms with E-state index in [0.717, 1.165) is 5.56 Å². The summed E-state index contributed by atoms with van der Waals surface area (Å²) >= 11 is 1.67. The van der Waals surface area contributed by atoms with E-state index in [4.69, 9.17) is 4.74 Å². The molecule has 0 aromatic heterocycles. The molecule has 4 heteroatoms. The van der Waals surface area contributed by atoms with Gasteiger partial charge >= 0.3 is 5.97 Å². The summed E-state index contributed by atoms with van der Waals surface area (Å²) in [6.07, 6.45) is 3.05. The molecule has 0 saturated carbocycles. The van der Waals surface area contributed by atoms with Gasteiger partial charge in [0.05, 0.1) is 12.2 Å². The molecule has 0 radical (unpaired) electrons. The molecule has 0 atom stereocenters. The lowest BCUT2D eigenvalue weighted by Gasteiger charge is -2.09. The molecule has 0 aliphatic heterocycles. The largest absolute Gasteiger partial charge is 0.462 e. The number of hydrogen-bond donors (Lipinski definition) is 0. The predicted octanol–water partition coefficient (Wildman–Crippen LogP) is 4.40. The van der Waals surface area contributed by atoms with Crippen molar-refractivity contribution in [3.8, 4) is 0 Å². The van der Waals surface area contributed by atoms with E-state index >= 15 is 0 Å². The van der Waals surface area contributed by atoms with Crippen molar-refractivity contribution < 1.29 is 14.3 Å². The Balaban J connectivity index is 2.14. The molecule has 0 bridgehead atoms. The summed E-state index contributed by atoms with van der Waals surface area (Å²) in [6.45, 7) is 2.05. The Labute approximate surface area is 141 Å². The zero-order chi connectivity index (χ0) is 16.7. The Morgan fingerprint density at radius 2 is 1.65 bits per heavy atom. The van der Waals surface area contributed by atoms with Gasteiger partial charge in [-0.3, -0.25) is 4.79 Å². The van der Waals surface area contributed by atoms with E-state index in [1.807, 2.05) is 24.5 Å². The van der Waals surface area contributed by atoms with Gasteiger partial charge in [0.1, 0.15) is 0 Å². The second kappa shape index (κ2) is 8.53. The third-order valence-corrected chi connectivity index (χ3v) is 4.37. The first-order valence-corrected chi connectivity index (χ1v) is 8.81. The van der Waals surface area contributed by atoms with Gasteiger partial charge < -0.3 is 4.74 Å². The molecule has 2 rings (SSSR count). The van der Waals surface area contributed by atoms with Gasteiger partial charge in [-0.2, -0.15) is 0 Å². The van der Waals surface area contributed by atoms with E-state index in [-0.39, 0.29) is 5.78 Å². The number of ketones is 1. The molecule has 0 unspecified atom stereocenters. The van der Waals surface area contributed by atoms with Crippen molar-refractivity contribution in [2.75, 3.05) is 12.9 Å². The van der Waals surface area contributed by atoms with Gasteiger partial charge in [0.25, 0.3) is 0 Å². The van der Waals surface area contributed by atoms with Gasteiger partial charge in [-0.15, -0.1) is 11.8 Å². The lowest BCUT2D eigenvalue weighted by atomic mass is 9.98. The van der Waals surface area contributed by atoms with Crippen molar-refractivity contribution in [1.82, 2.24) is 0 Å². The van der Waals surface area contributed by atoms with Crippen molar-refractivity contribution >= 4 is 23.5 Å². The van der Waals surface area contributed by atoms with Gasteiger partial charge in [-0.1, -0.05) is 36.4 Å². The lowest BCUT2D eigenvalue weighted by molar-refractivity contribution is 0.0523. The van der Waals surface area contributed by atoms with Crippen LogP contribution in [0.5, 0.6) is 0 Å². The molecule has 120 valence electrons. The number of Topliss-reactive ketones (excluding diaryl/α,β-unsaturated/α-hetero) is 1. The van der Waals surface area contributed by atoms with Crippen LogP contribution < -0.4 is 0 Å². The van der Waals surface area contributed by atoms with Gasteiger partial charge in [-0.25, -0.2) is 4.79 Å². The molecule has 2 aromatic rings. The van der Waals surface area contributed by atoms with Crippen LogP contribution in [0.1, 0.15) is 39.6 Å².